The Kier molecular flexibility index (Phi) is 5.36. The number of likely N-dealkylation sites (tertiary alicyclic amines) is 1. The van der Waals surface area contributed by atoms with E-state index in [1.54, 1.807) is 4.90 Å². The van der Waals surface area contributed by atoms with Crippen molar-refractivity contribution in [3.63, 3.8) is 0 Å². The van der Waals surface area contributed by atoms with E-state index >= 15 is 0 Å². The van der Waals surface area contributed by atoms with E-state index in [9.17, 15) is 13.6 Å². The summed E-state index contributed by atoms with van der Waals surface area (Å²) in [6.45, 7) is 4.87. The molecule has 0 N–H and O–H groups in total. The first-order valence-electron chi connectivity index (χ1n) is 7.30. The standard InChI is InChI=1S/C16H20BrF2NO/c1-10(2)11-3-6-15(21)20(8-7-11)9-12-14(18)5-4-13(17)16(12)19/h4-5,10-11H,3,6-9H2,1-2H3. The predicted molar refractivity (Wildman–Crippen MR) is 81.7 cm³/mol. The van der Waals surface area contributed by atoms with Crippen molar-refractivity contribution in [2.75, 3.05) is 6.54 Å². The quantitative estimate of drug-likeness (QED) is 0.727. The van der Waals surface area contributed by atoms with Crippen LogP contribution >= 0.6 is 15.9 Å². The first-order valence-corrected chi connectivity index (χ1v) is 8.09. The van der Waals surface area contributed by atoms with Gasteiger partial charge >= 0.3 is 0 Å². The molecule has 0 bridgehead atoms. The molecule has 116 valence electrons. The zero-order valence-electron chi connectivity index (χ0n) is 12.3. The third-order valence-corrected chi connectivity index (χ3v) is 4.89. The van der Waals surface area contributed by atoms with Crippen LogP contribution in [-0.2, 0) is 11.3 Å². The molecule has 1 saturated heterocycles. The van der Waals surface area contributed by atoms with Crippen molar-refractivity contribution in [1.82, 2.24) is 4.90 Å². The van der Waals surface area contributed by atoms with Crippen molar-refractivity contribution in [2.45, 2.75) is 39.7 Å². The number of amides is 1. The molecule has 2 rings (SSSR count). The van der Waals surface area contributed by atoms with E-state index in [0.29, 0.717) is 24.8 Å². The van der Waals surface area contributed by atoms with Crippen molar-refractivity contribution >= 4 is 21.8 Å². The molecule has 0 aromatic heterocycles. The molecular formula is C16H20BrF2NO. The molecule has 1 heterocycles. The molecule has 0 radical (unpaired) electrons. The Hall–Kier alpha value is -0.970. The SMILES string of the molecule is CC(C)C1CCC(=O)N(Cc2c(F)ccc(Br)c2F)CC1. The smallest absolute Gasteiger partial charge is 0.222 e. The van der Waals surface area contributed by atoms with Crippen LogP contribution < -0.4 is 0 Å². The van der Waals surface area contributed by atoms with Crippen molar-refractivity contribution in [2.24, 2.45) is 11.8 Å². The topological polar surface area (TPSA) is 20.3 Å². The summed E-state index contributed by atoms with van der Waals surface area (Å²) in [5, 5.41) is 0. The Morgan fingerprint density at radius 3 is 2.71 bits per heavy atom. The highest BCUT2D eigenvalue weighted by atomic mass is 79.9. The minimum absolute atomic E-state index is 0.000749. The molecule has 1 fully saturated rings. The van der Waals surface area contributed by atoms with Crippen molar-refractivity contribution in [1.29, 1.82) is 0 Å². The van der Waals surface area contributed by atoms with Gasteiger partial charge in [0.25, 0.3) is 0 Å². The summed E-state index contributed by atoms with van der Waals surface area (Å²) in [5.41, 5.74) is -0.0410. The van der Waals surface area contributed by atoms with E-state index in [4.69, 9.17) is 0 Å². The second kappa shape index (κ2) is 6.86. The Balaban J connectivity index is 2.16. The third kappa shape index (κ3) is 3.82. The van der Waals surface area contributed by atoms with Gasteiger partial charge in [0.1, 0.15) is 11.6 Å². The van der Waals surface area contributed by atoms with E-state index in [1.807, 2.05) is 0 Å². The van der Waals surface area contributed by atoms with Gasteiger partial charge in [0.05, 0.1) is 11.0 Å². The molecule has 1 unspecified atom stereocenters. The summed E-state index contributed by atoms with van der Waals surface area (Å²) in [4.78, 5) is 13.7. The number of hydrogen-bond acceptors (Lipinski definition) is 1. The maximum atomic E-state index is 14.0. The van der Waals surface area contributed by atoms with Crippen LogP contribution in [-0.4, -0.2) is 17.4 Å². The van der Waals surface area contributed by atoms with E-state index < -0.39 is 11.6 Å². The summed E-state index contributed by atoms with van der Waals surface area (Å²) in [6.07, 6.45) is 2.21. The number of rotatable bonds is 3. The van der Waals surface area contributed by atoms with E-state index in [2.05, 4.69) is 29.8 Å². The van der Waals surface area contributed by atoms with Gasteiger partial charge < -0.3 is 4.90 Å². The number of carbonyl (C=O) groups excluding carboxylic acids is 1. The minimum atomic E-state index is -0.618. The molecule has 0 aliphatic carbocycles. The van der Waals surface area contributed by atoms with Crippen LogP contribution in [0.2, 0.25) is 0 Å². The summed E-state index contributed by atoms with van der Waals surface area (Å²) < 4.78 is 28.1. The molecule has 5 heteroatoms. The highest BCUT2D eigenvalue weighted by molar-refractivity contribution is 9.10. The van der Waals surface area contributed by atoms with Gasteiger partial charge in [-0.15, -0.1) is 0 Å². The van der Waals surface area contributed by atoms with Crippen LogP contribution in [0.25, 0.3) is 0 Å². The molecular weight excluding hydrogens is 340 g/mol. The fraction of sp³-hybridized carbons (Fsp3) is 0.562. The van der Waals surface area contributed by atoms with Gasteiger partial charge in [-0.3, -0.25) is 4.79 Å². The van der Waals surface area contributed by atoms with Gasteiger partial charge in [0, 0.05) is 18.5 Å². The molecule has 1 atom stereocenters. The van der Waals surface area contributed by atoms with Crippen molar-refractivity contribution in [3.05, 3.63) is 33.8 Å². The summed E-state index contributed by atoms with van der Waals surface area (Å²) >= 11 is 3.06. The summed E-state index contributed by atoms with van der Waals surface area (Å²) in [6, 6.07) is 2.56. The van der Waals surface area contributed by atoms with Crippen LogP contribution in [0.5, 0.6) is 0 Å². The lowest BCUT2D eigenvalue weighted by molar-refractivity contribution is -0.131. The van der Waals surface area contributed by atoms with Crippen molar-refractivity contribution < 1.29 is 13.6 Å². The van der Waals surface area contributed by atoms with E-state index in [-0.39, 0.29) is 22.5 Å². The minimum Gasteiger partial charge on any atom is -0.338 e. The van der Waals surface area contributed by atoms with Gasteiger partial charge in [-0.1, -0.05) is 13.8 Å². The number of benzene rings is 1. The lowest BCUT2D eigenvalue weighted by Crippen LogP contribution is -2.30. The number of carbonyl (C=O) groups is 1. The van der Waals surface area contributed by atoms with Gasteiger partial charge in [0.2, 0.25) is 5.91 Å². The van der Waals surface area contributed by atoms with Crippen LogP contribution in [0.1, 0.15) is 38.7 Å². The molecule has 1 aromatic carbocycles. The van der Waals surface area contributed by atoms with Crippen LogP contribution in [0.3, 0.4) is 0 Å². The van der Waals surface area contributed by atoms with Crippen LogP contribution in [0, 0.1) is 23.5 Å². The van der Waals surface area contributed by atoms with Gasteiger partial charge in [-0.25, -0.2) is 8.78 Å². The van der Waals surface area contributed by atoms with E-state index in [0.717, 1.165) is 12.8 Å². The largest absolute Gasteiger partial charge is 0.338 e. The van der Waals surface area contributed by atoms with Crippen molar-refractivity contribution in [3.8, 4) is 0 Å². The average molecular weight is 360 g/mol. The molecule has 1 amide bonds. The normalized spacial score (nSPS) is 20.0. The van der Waals surface area contributed by atoms with E-state index in [1.165, 1.54) is 12.1 Å². The predicted octanol–water partition coefficient (Wildman–Crippen LogP) is 4.51. The molecule has 1 aliphatic heterocycles. The molecule has 0 spiro atoms. The molecule has 0 saturated carbocycles. The maximum absolute atomic E-state index is 14.0. The summed E-state index contributed by atoms with van der Waals surface area (Å²) in [7, 11) is 0. The fourth-order valence-corrected chi connectivity index (χ4v) is 3.17. The van der Waals surface area contributed by atoms with Gasteiger partial charge in [0.15, 0.2) is 0 Å². The first-order chi connectivity index (χ1) is 9.90. The second-order valence-corrected chi connectivity index (χ2v) is 6.82. The molecule has 1 aliphatic rings. The summed E-state index contributed by atoms with van der Waals surface area (Å²) in [5.74, 6) is -0.217. The van der Waals surface area contributed by atoms with Gasteiger partial charge in [-0.2, -0.15) is 0 Å². The van der Waals surface area contributed by atoms with Crippen LogP contribution in [0.15, 0.2) is 16.6 Å². The lowest BCUT2D eigenvalue weighted by atomic mass is 9.89. The lowest BCUT2D eigenvalue weighted by Gasteiger charge is -2.22. The second-order valence-electron chi connectivity index (χ2n) is 5.97. The Morgan fingerprint density at radius 2 is 2.05 bits per heavy atom. The van der Waals surface area contributed by atoms with Gasteiger partial charge in [-0.05, 0) is 52.7 Å². The number of halogens is 3. The Bertz CT molecular complexity index is 533. The zero-order valence-corrected chi connectivity index (χ0v) is 13.9. The first kappa shape index (κ1) is 16.4. The molecule has 2 nitrogen and oxygen atoms in total. The monoisotopic (exact) mass is 359 g/mol. The Labute approximate surface area is 132 Å². The zero-order chi connectivity index (χ0) is 15.6. The Morgan fingerprint density at radius 1 is 1.33 bits per heavy atom. The number of hydrogen-bond donors (Lipinski definition) is 0. The maximum Gasteiger partial charge on any atom is 0.222 e. The highest BCUT2D eigenvalue weighted by Gasteiger charge is 2.26. The number of nitrogens with zero attached hydrogens (tertiary/aromatic N) is 1. The molecule has 1 aromatic rings. The average Bonchev–Trinajstić information content (AvgIpc) is 2.62. The van der Waals surface area contributed by atoms with Crippen LogP contribution in [0.4, 0.5) is 8.78 Å². The fourth-order valence-electron chi connectivity index (χ4n) is 2.80. The third-order valence-electron chi connectivity index (χ3n) is 4.28. The highest BCUT2D eigenvalue weighted by Crippen LogP contribution is 2.28. The molecule has 21 heavy (non-hydrogen) atoms.